The molecule has 2 aliphatic rings. The molecule has 0 spiro atoms. The highest BCUT2D eigenvalue weighted by atomic mass is 35.5. The molecule has 2 atom stereocenters. The van der Waals surface area contributed by atoms with Crippen LogP contribution in [0.5, 0.6) is 0 Å². The number of alkyl halides is 2. The van der Waals surface area contributed by atoms with Crippen molar-refractivity contribution in [1.29, 1.82) is 0 Å². The summed E-state index contributed by atoms with van der Waals surface area (Å²) >= 11 is 24.5. The van der Waals surface area contributed by atoms with Gasteiger partial charge < -0.3 is 0 Å². The largest absolute Gasteiger partial charge is 0.295 e. The summed E-state index contributed by atoms with van der Waals surface area (Å²) < 4.78 is 0. The predicted molar refractivity (Wildman–Crippen MR) is 77.6 cm³/mol. The molecule has 0 bridgehead atoms. The maximum Gasteiger partial charge on any atom is 0.183 e. The van der Waals surface area contributed by atoms with Gasteiger partial charge in [0, 0.05) is 16.5 Å². The Balaban J connectivity index is 2.30. The number of hydrogen-bond acceptors (Lipinski definition) is 1. The maximum atomic E-state index is 12.5. The second-order valence-electron chi connectivity index (χ2n) is 4.34. The van der Waals surface area contributed by atoms with Crippen LogP contribution in [0.15, 0.2) is 46.5 Å². The van der Waals surface area contributed by atoms with Crippen molar-refractivity contribution in [2.45, 2.75) is 22.6 Å². The minimum atomic E-state index is -1.20. The third kappa shape index (κ3) is 2.70. The van der Waals surface area contributed by atoms with E-state index in [0.717, 1.165) is 0 Å². The second-order valence-corrected chi connectivity index (χ2v) is 6.61. The highest BCUT2D eigenvalue weighted by Crippen LogP contribution is 2.41. The standard InChI is InChI=1S/C13H10Cl4O/c14-9-3-1-5-12(16,7-9)11(18)13(17)6-2-4-10(15)8-13/h1-5,8H,6-7H2. The van der Waals surface area contributed by atoms with Gasteiger partial charge in [0.2, 0.25) is 0 Å². The molecule has 0 aromatic rings. The van der Waals surface area contributed by atoms with Crippen LogP contribution < -0.4 is 0 Å². The monoisotopic (exact) mass is 322 g/mol. The van der Waals surface area contributed by atoms with Gasteiger partial charge in [-0.15, -0.1) is 23.2 Å². The molecule has 18 heavy (non-hydrogen) atoms. The lowest BCUT2D eigenvalue weighted by atomic mass is 9.83. The number of carbonyl (C=O) groups excluding carboxylic acids is 1. The van der Waals surface area contributed by atoms with Gasteiger partial charge in [-0.25, -0.2) is 0 Å². The Morgan fingerprint density at radius 2 is 1.94 bits per heavy atom. The lowest BCUT2D eigenvalue weighted by molar-refractivity contribution is -0.121. The number of Topliss-reactive ketones (excluding diaryl/α,β-unsaturated/α-hetero) is 1. The number of ketones is 1. The molecule has 0 aliphatic heterocycles. The van der Waals surface area contributed by atoms with Crippen LogP contribution in [0.2, 0.25) is 0 Å². The molecule has 0 saturated carbocycles. The van der Waals surface area contributed by atoms with Crippen molar-refractivity contribution in [3.05, 3.63) is 46.5 Å². The van der Waals surface area contributed by atoms with Gasteiger partial charge in [-0.3, -0.25) is 4.79 Å². The van der Waals surface area contributed by atoms with E-state index in [9.17, 15) is 4.79 Å². The Labute approximate surface area is 126 Å². The first-order valence-corrected chi connectivity index (χ1v) is 6.88. The Hall–Kier alpha value is -0.210. The molecule has 96 valence electrons. The van der Waals surface area contributed by atoms with E-state index in [1.807, 2.05) is 0 Å². The van der Waals surface area contributed by atoms with Crippen molar-refractivity contribution in [3.8, 4) is 0 Å². The maximum absolute atomic E-state index is 12.5. The lowest BCUT2D eigenvalue weighted by Crippen LogP contribution is -2.45. The summed E-state index contributed by atoms with van der Waals surface area (Å²) in [7, 11) is 0. The van der Waals surface area contributed by atoms with E-state index in [0.29, 0.717) is 16.5 Å². The van der Waals surface area contributed by atoms with Crippen LogP contribution in [-0.2, 0) is 4.79 Å². The van der Waals surface area contributed by atoms with Gasteiger partial charge in [-0.1, -0.05) is 41.4 Å². The van der Waals surface area contributed by atoms with E-state index in [1.54, 1.807) is 30.4 Å². The zero-order valence-corrected chi connectivity index (χ0v) is 12.3. The Kier molecular flexibility index (Phi) is 3.99. The molecule has 5 heteroatoms. The van der Waals surface area contributed by atoms with E-state index in [2.05, 4.69) is 0 Å². The van der Waals surface area contributed by atoms with Crippen molar-refractivity contribution < 1.29 is 4.79 Å². The molecule has 0 fully saturated rings. The Bertz CT molecular complexity index is 503. The van der Waals surface area contributed by atoms with Gasteiger partial charge in [0.15, 0.2) is 5.78 Å². The molecule has 1 nitrogen and oxygen atoms in total. The Morgan fingerprint density at radius 1 is 1.22 bits per heavy atom. The van der Waals surface area contributed by atoms with Crippen LogP contribution in [-0.4, -0.2) is 15.5 Å². The van der Waals surface area contributed by atoms with Gasteiger partial charge >= 0.3 is 0 Å². The zero-order valence-electron chi connectivity index (χ0n) is 9.30. The number of allylic oxidation sites excluding steroid dienone is 8. The fraction of sp³-hybridized carbons (Fsp3) is 0.308. The van der Waals surface area contributed by atoms with E-state index in [-0.39, 0.29) is 12.2 Å². The summed E-state index contributed by atoms with van der Waals surface area (Å²) in [5.74, 6) is -0.302. The minimum absolute atomic E-state index is 0.245. The number of carbonyl (C=O) groups is 1. The van der Waals surface area contributed by atoms with Crippen molar-refractivity contribution in [3.63, 3.8) is 0 Å². The topological polar surface area (TPSA) is 17.1 Å². The number of rotatable bonds is 2. The molecule has 0 heterocycles. The first kappa shape index (κ1) is 14.2. The molecule has 0 N–H and O–H groups in total. The van der Waals surface area contributed by atoms with Crippen LogP contribution in [0.3, 0.4) is 0 Å². The predicted octanol–water partition coefficient (Wildman–Crippen LogP) is 4.68. The number of halogens is 4. The van der Waals surface area contributed by atoms with Crippen LogP contribution in [0, 0.1) is 0 Å². The molecule has 2 unspecified atom stereocenters. The summed E-state index contributed by atoms with van der Waals surface area (Å²) in [5, 5.41) is 0.967. The molecule has 2 aliphatic carbocycles. The van der Waals surface area contributed by atoms with Crippen molar-refractivity contribution in [2.24, 2.45) is 0 Å². The van der Waals surface area contributed by atoms with Crippen molar-refractivity contribution in [1.82, 2.24) is 0 Å². The molecule has 0 aromatic carbocycles. The first-order chi connectivity index (χ1) is 8.36. The van der Waals surface area contributed by atoms with Gasteiger partial charge in [0.25, 0.3) is 0 Å². The van der Waals surface area contributed by atoms with Gasteiger partial charge in [-0.05, 0) is 24.6 Å². The summed E-state index contributed by atoms with van der Waals surface area (Å²) in [6.07, 6.45) is 10.6. The minimum Gasteiger partial charge on any atom is -0.295 e. The van der Waals surface area contributed by atoms with Gasteiger partial charge in [-0.2, -0.15) is 0 Å². The summed E-state index contributed by atoms with van der Waals surface area (Å²) in [5.41, 5.74) is 0. The average molecular weight is 324 g/mol. The number of hydrogen-bond donors (Lipinski definition) is 0. The summed E-state index contributed by atoms with van der Waals surface area (Å²) in [4.78, 5) is 10.1. The fourth-order valence-corrected chi connectivity index (χ4v) is 3.49. The molecular formula is C13H10Cl4O. The molecule has 0 amide bonds. The first-order valence-electron chi connectivity index (χ1n) is 5.37. The van der Waals surface area contributed by atoms with Crippen molar-refractivity contribution >= 4 is 52.2 Å². The van der Waals surface area contributed by atoms with Gasteiger partial charge in [0.05, 0.1) is 0 Å². The molecule has 0 saturated heterocycles. The fourth-order valence-electron chi connectivity index (χ4n) is 2.00. The SMILES string of the molecule is O=C(C1(Cl)C=C(Cl)C=CC1)C1(Cl)C=CC=C(Cl)C1. The van der Waals surface area contributed by atoms with Crippen molar-refractivity contribution in [2.75, 3.05) is 0 Å². The van der Waals surface area contributed by atoms with E-state index < -0.39 is 9.75 Å². The highest BCUT2D eigenvalue weighted by molar-refractivity contribution is 6.48. The van der Waals surface area contributed by atoms with Gasteiger partial charge in [0.1, 0.15) is 9.75 Å². The smallest absolute Gasteiger partial charge is 0.183 e. The third-order valence-corrected chi connectivity index (χ3v) is 4.24. The average Bonchev–Trinajstić information content (AvgIpc) is 2.27. The van der Waals surface area contributed by atoms with E-state index in [4.69, 9.17) is 46.4 Å². The summed E-state index contributed by atoms with van der Waals surface area (Å²) in [6.45, 7) is 0. The van der Waals surface area contributed by atoms with Crippen LogP contribution in [0.1, 0.15) is 12.8 Å². The van der Waals surface area contributed by atoms with Crippen LogP contribution >= 0.6 is 46.4 Å². The molecule has 2 rings (SSSR count). The lowest BCUT2D eigenvalue weighted by Gasteiger charge is -2.32. The van der Waals surface area contributed by atoms with Crippen LogP contribution in [0.4, 0.5) is 0 Å². The Morgan fingerprint density at radius 3 is 2.56 bits per heavy atom. The molecular weight excluding hydrogens is 314 g/mol. The van der Waals surface area contributed by atoms with E-state index >= 15 is 0 Å². The highest BCUT2D eigenvalue weighted by Gasteiger charge is 2.47. The molecule has 0 radical (unpaired) electrons. The molecule has 0 aromatic heterocycles. The van der Waals surface area contributed by atoms with E-state index in [1.165, 1.54) is 6.08 Å². The second kappa shape index (κ2) is 5.05. The quantitative estimate of drug-likeness (QED) is 0.674. The van der Waals surface area contributed by atoms with Crippen LogP contribution in [0.25, 0.3) is 0 Å². The third-order valence-electron chi connectivity index (χ3n) is 2.88. The normalized spacial score (nSPS) is 35.1. The zero-order chi connectivity index (χ0) is 13.4. The summed E-state index contributed by atoms with van der Waals surface area (Å²) in [6, 6.07) is 0.